The van der Waals surface area contributed by atoms with Gasteiger partial charge < -0.3 is 10.3 Å². The molecule has 2 heterocycles. The van der Waals surface area contributed by atoms with E-state index in [4.69, 9.17) is 10.3 Å². The van der Waals surface area contributed by atoms with Gasteiger partial charge in [0.1, 0.15) is 10.7 Å². The molecule has 0 fully saturated rings. The van der Waals surface area contributed by atoms with E-state index in [-0.39, 0.29) is 17.3 Å². The van der Waals surface area contributed by atoms with Gasteiger partial charge >= 0.3 is 0 Å². The van der Waals surface area contributed by atoms with E-state index >= 15 is 0 Å². The zero-order chi connectivity index (χ0) is 13.3. The first kappa shape index (κ1) is 12.6. The van der Waals surface area contributed by atoms with Gasteiger partial charge in [0, 0.05) is 19.3 Å². The maximum Gasteiger partial charge on any atom is 0.246 e. The van der Waals surface area contributed by atoms with Gasteiger partial charge in [-0.1, -0.05) is 5.16 Å². The maximum absolute atomic E-state index is 11.9. The van der Waals surface area contributed by atoms with E-state index in [1.54, 1.807) is 20.0 Å². The molecule has 0 amide bonds. The highest BCUT2D eigenvalue weighted by Crippen LogP contribution is 2.15. The average molecular weight is 271 g/mol. The molecule has 0 unspecified atom stereocenters. The van der Waals surface area contributed by atoms with Gasteiger partial charge in [-0.15, -0.1) is 0 Å². The highest BCUT2D eigenvalue weighted by atomic mass is 32.2. The Hall–Kier alpha value is -1.87. The summed E-state index contributed by atoms with van der Waals surface area (Å²) in [6, 6.07) is 1.65. The number of nitrogen functional groups attached to an aromatic ring is 1. The molecule has 2 aromatic rings. The summed E-state index contributed by atoms with van der Waals surface area (Å²) in [5, 5.41) is 7.46. The van der Waals surface area contributed by atoms with Crippen LogP contribution in [0.5, 0.6) is 0 Å². The van der Waals surface area contributed by atoms with Crippen LogP contribution >= 0.6 is 0 Å². The normalized spacial score (nSPS) is 11.9. The first-order valence-electron chi connectivity index (χ1n) is 5.09. The molecule has 9 heteroatoms. The van der Waals surface area contributed by atoms with Gasteiger partial charge in [0.2, 0.25) is 10.0 Å². The SMILES string of the molecule is Cc1cc(CNS(=O)(=O)c2cn(C)nc2N)no1. The highest BCUT2D eigenvalue weighted by molar-refractivity contribution is 7.89. The standard InChI is InChI=1S/C9H13N5O3S/c1-6-3-7(13-17-6)4-11-18(15,16)8-5-14(2)12-9(8)10/h3,5,11H,4H2,1-2H3,(H2,10,12). The van der Waals surface area contributed by atoms with Crippen LogP contribution in [0.3, 0.4) is 0 Å². The summed E-state index contributed by atoms with van der Waals surface area (Å²) >= 11 is 0. The van der Waals surface area contributed by atoms with Gasteiger partial charge in [-0.2, -0.15) is 5.10 Å². The van der Waals surface area contributed by atoms with Crippen LogP contribution < -0.4 is 10.5 Å². The molecule has 0 saturated carbocycles. The Morgan fingerprint density at radius 2 is 2.28 bits per heavy atom. The molecule has 0 aliphatic rings. The monoisotopic (exact) mass is 271 g/mol. The molecular formula is C9H13N5O3S. The first-order valence-corrected chi connectivity index (χ1v) is 6.58. The number of sulfonamides is 1. The number of rotatable bonds is 4. The van der Waals surface area contributed by atoms with Gasteiger partial charge in [-0.3, -0.25) is 4.68 Å². The summed E-state index contributed by atoms with van der Waals surface area (Å²) < 4.78 is 32.4. The largest absolute Gasteiger partial charge is 0.381 e. The Morgan fingerprint density at radius 3 is 2.78 bits per heavy atom. The fourth-order valence-electron chi connectivity index (χ4n) is 1.44. The fraction of sp³-hybridized carbons (Fsp3) is 0.333. The smallest absolute Gasteiger partial charge is 0.246 e. The lowest BCUT2D eigenvalue weighted by Gasteiger charge is -2.02. The van der Waals surface area contributed by atoms with Crippen molar-refractivity contribution in [1.82, 2.24) is 19.7 Å². The van der Waals surface area contributed by atoms with Crippen molar-refractivity contribution in [3.8, 4) is 0 Å². The lowest BCUT2D eigenvalue weighted by Crippen LogP contribution is -2.23. The van der Waals surface area contributed by atoms with E-state index in [0.717, 1.165) is 0 Å². The first-order chi connectivity index (χ1) is 8.38. The van der Waals surface area contributed by atoms with Gasteiger partial charge in [0.15, 0.2) is 5.82 Å². The van der Waals surface area contributed by atoms with Gasteiger partial charge in [-0.05, 0) is 6.92 Å². The second kappa shape index (κ2) is 4.42. The molecule has 0 bridgehead atoms. The lowest BCUT2D eigenvalue weighted by atomic mass is 10.4. The Kier molecular flexibility index (Phi) is 3.09. The fourth-order valence-corrected chi connectivity index (χ4v) is 2.54. The van der Waals surface area contributed by atoms with Crippen molar-refractivity contribution in [2.45, 2.75) is 18.4 Å². The van der Waals surface area contributed by atoms with Crippen LogP contribution in [0.4, 0.5) is 5.82 Å². The van der Waals surface area contributed by atoms with Crippen molar-refractivity contribution in [2.24, 2.45) is 7.05 Å². The third-order valence-corrected chi connectivity index (χ3v) is 3.65. The van der Waals surface area contributed by atoms with Crippen molar-refractivity contribution >= 4 is 15.8 Å². The summed E-state index contributed by atoms with van der Waals surface area (Å²) in [4.78, 5) is -0.0507. The zero-order valence-corrected chi connectivity index (χ0v) is 10.7. The number of nitrogens with zero attached hydrogens (tertiary/aromatic N) is 3. The quantitative estimate of drug-likeness (QED) is 0.794. The molecule has 3 N–H and O–H groups in total. The van der Waals surface area contributed by atoms with Crippen molar-refractivity contribution in [3.63, 3.8) is 0 Å². The molecular weight excluding hydrogens is 258 g/mol. The second-order valence-electron chi connectivity index (χ2n) is 3.81. The summed E-state index contributed by atoms with van der Waals surface area (Å²) in [6.07, 6.45) is 1.34. The molecule has 98 valence electrons. The Morgan fingerprint density at radius 1 is 1.56 bits per heavy atom. The molecule has 8 nitrogen and oxygen atoms in total. The molecule has 2 aromatic heterocycles. The molecule has 0 radical (unpaired) electrons. The number of nitrogens with one attached hydrogen (secondary N) is 1. The Bertz CT molecular complexity index is 658. The molecule has 0 aliphatic carbocycles. The van der Waals surface area contributed by atoms with Crippen LogP contribution in [0, 0.1) is 6.92 Å². The second-order valence-corrected chi connectivity index (χ2v) is 5.54. The number of aryl methyl sites for hydroxylation is 2. The minimum Gasteiger partial charge on any atom is -0.381 e. The van der Waals surface area contributed by atoms with Gasteiger partial charge in [0.25, 0.3) is 0 Å². The number of nitrogens with two attached hydrogens (primary N) is 1. The summed E-state index contributed by atoms with van der Waals surface area (Å²) in [7, 11) is -2.11. The van der Waals surface area contributed by atoms with Crippen LogP contribution in [0.2, 0.25) is 0 Å². The third-order valence-electron chi connectivity index (χ3n) is 2.23. The minimum absolute atomic E-state index is 0.0357. The van der Waals surface area contributed by atoms with Crippen LogP contribution in [0.15, 0.2) is 21.7 Å². The number of aromatic nitrogens is 3. The van der Waals surface area contributed by atoms with Gasteiger partial charge in [0.05, 0.1) is 12.2 Å². The molecule has 2 rings (SSSR count). The molecule has 0 saturated heterocycles. The van der Waals surface area contributed by atoms with E-state index in [1.807, 2.05) is 0 Å². The van der Waals surface area contributed by atoms with E-state index in [9.17, 15) is 8.42 Å². The molecule has 0 aliphatic heterocycles. The third kappa shape index (κ3) is 2.51. The van der Waals surface area contributed by atoms with E-state index < -0.39 is 10.0 Å². The predicted octanol–water partition coefficient (Wildman–Crippen LogP) is -0.223. The van der Waals surface area contributed by atoms with Crippen LogP contribution in [-0.4, -0.2) is 23.4 Å². The van der Waals surface area contributed by atoms with Crippen molar-refractivity contribution in [2.75, 3.05) is 5.73 Å². The highest BCUT2D eigenvalue weighted by Gasteiger charge is 2.20. The van der Waals surface area contributed by atoms with Crippen molar-refractivity contribution < 1.29 is 12.9 Å². The summed E-state index contributed by atoms with van der Waals surface area (Å²) in [6.45, 7) is 1.76. The summed E-state index contributed by atoms with van der Waals surface area (Å²) in [5.41, 5.74) is 6.01. The average Bonchev–Trinajstić information content (AvgIpc) is 2.82. The summed E-state index contributed by atoms with van der Waals surface area (Å²) in [5.74, 6) is 0.575. The molecule has 0 atom stereocenters. The minimum atomic E-state index is -3.70. The van der Waals surface area contributed by atoms with Crippen LogP contribution in [-0.2, 0) is 23.6 Å². The molecule has 0 spiro atoms. The number of anilines is 1. The zero-order valence-electron chi connectivity index (χ0n) is 9.91. The predicted molar refractivity (Wildman–Crippen MR) is 62.9 cm³/mol. The lowest BCUT2D eigenvalue weighted by molar-refractivity contribution is 0.390. The Balaban J connectivity index is 2.15. The number of hydrogen-bond acceptors (Lipinski definition) is 6. The number of hydrogen-bond donors (Lipinski definition) is 2. The molecule has 0 aromatic carbocycles. The maximum atomic E-state index is 11.9. The van der Waals surface area contributed by atoms with E-state index in [0.29, 0.717) is 11.5 Å². The van der Waals surface area contributed by atoms with Crippen molar-refractivity contribution in [1.29, 1.82) is 0 Å². The topological polar surface area (TPSA) is 116 Å². The van der Waals surface area contributed by atoms with Crippen LogP contribution in [0.1, 0.15) is 11.5 Å². The van der Waals surface area contributed by atoms with Crippen LogP contribution in [0.25, 0.3) is 0 Å². The van der Waals surface area contributed by atoms with Crippen molar-refractivity contribution in [3.05, 3.63) is 23.7 Å². The van der Waals surface area contributed by atoms with E-state index in [2.05, 4.69) is 15.0 Å². The Labute approximate surface area is 104 Å². The van der Waals surface area contributed by atoms with E-state index in [1.165, 1.54) is 10.9 Å². The molecule has 18 heavy (non-hydrogen) atoms. The van der Waals surface area contributed by atoms with Gasteiger partial charge in [-0.25, -0.2) is 13.1 Å².